The Morgan fingerprint density at radius 2 is 1.58 bits per heavy atom. The quantitative estimate of drug-likeness (QED) is 0.530. The van der Waals surface area contributed by atoms with Gasteiger partial charge in [-0.3, -0.25) is 9.59 Å². The van der Waals surface area contributed by atoms with Crippen molar-refractivity contribution in [1.29, 1.82) is 0 Å². The number of Topliss-reactive ketones (excluding diaryl/α,β-unsaturated/α-hetero) is 1. The third-order valence-corrected chi connectivity index (χ3v) is 6.27. The number of ether oxygens (including phenoxy) is 1. The minimum atomic E-state index is -0.346. The Kier molecular flexibility index (Phi) is 6.78. The molecule has 0 aliphatic heterocycles. The Morgan fingerprint density at radius 1 is 0.903 bits per heavy atom. The van der Waals surface area contributed by atoms with E-state index in [1.807, 2.05) is 42.5 Å². The predicted octanol–water partition coefficient (Wildman–Crippen LogP) is 4.93. The summed E-state index contributed by atoms with van der Waals surface area (Å²) in [6.07, 6.45) is 4.46. The number of fused-ring (bicyclic) bond motifs is 1. The number of rotatable bonds is 8. The van der Waals surface area contributed by atoms with E-state index in [1.54, 1.807) is 0 Å². The molecule has 1 fully saturated rings. The van der Waals surface area contributed by atoms with Crippen LogP contribution < -0.4 is 5.73 Å². The van der Waals surface area contributed by atoms with Crippen molar-refractivity contribution in [1.82, 2.24) is 0 Å². The van der Waals surface area contributed by atoms with Gasteiger partial charge in [-0.1, -0.05) is 79.6 Å². The average molecular weight is 416 g/mol. The van der Waals surface area contributed by atoms with Crippen molar-refractivity contribution in [2.45, 2.75) is 44.6 Å². The van der Waals surface area contributed by atoms with E-state index in [0.717, 1.165) is 47.8 Å². The molecule has 4 nitrogen and oxygen atoms in total. The molecule has 1 aliphatic rings. The largest absolute Gasteiger partial charge is 0.461 e. The third-order valence-electron chi connectivity index (χ3n) is 6.27. The molecule has 1 unspecified atom stereocenters. The molecule has 0 spiro atoms. The van der Waals surface area contributed by atoms with E-state index in [4.69, 9.17) is 10.5 Å². The van der Waals surface area contributed by atoms with Gasteiger partial charge < -0.3 is 10.5 Å². The molecule has 0 amide bonds. The van der Waals surface area contributed by atoms with Gasteiger partial charge in [0.05, 0.1) is 11.8 Å². The first-order valence-electron chi connectivity index (χ1n) is 11.1. The van der Waals surface area contributed by atoms with Gasteiger partial charge >= 0.3 is 5.97 Å². The van der Waals surface area contributed by atoms with Gasteiger partial charge in [0.15, 0.2) is 0 Å². The first-order chi connectivity index (χ1) is 15.1. The minimum absolute atomic E-state index is 0.0635. The number of carbonyl (C=O) groups is 2. The SMILES string of the molecule is NCC(C(=O)Cc1ccc2ccccc2c1)c1ccc(COC(=O)C2CCCC2)cc1. The molecule has 0 heterocycles. The van der Waals surface area contributed by atoms with Gasteiger partial charge in [0.2, 0.25) is 0 Å². The van der Waals surface area contributed by atoms with Gasteiger partial charge in [-0.15, -0.1) is 0 Å². The molecule has 0 bridgehead atoms. The number of hydrogen-bond donors (Lipinski definition) is 1. The van der Waals surface area contributed by atoms with Crippen LogP contribution in [0.2, 0.25) is 0 Å². The zero-order chi connectivity index (χ0) is 21.6. The summed E-state index contributed by atoms with van der Waals surface area (Å²) in [4.78, 5) is 25.1. The molecule has 3 aromatic rings. The van der Waals surface area contributed by atoms with Crippen LogP contribution in [-0.4, -0.2) is 18.3 Å². The third kappa shape index (κ3) is 5.20. The summed E-state index contributed by atoms with van der Waals surface area (Å²) >= 11 is 0. The van der Waals surface area contributed by atoms with Crippen LogP contribution in [0.1, 0.15) is 48.3 Å². The van der Waals surface area contributed by atoms with Crippen LogP contribution in [0.15, 0.2) is 66.7 Å². The number of ketones is 1. The summed E-state index contributed by atoms with van der Waals surface area (Å²) in [5, 5.41) is 2.30. The predicted molar refractivity (Wildman–Crippen MR) is 123 cm³/mol. The highest BCUT2D eigenvalue weighted by molar-refractivity contribution is 5.90. The van der Waals surface area contributed by atoms with Gasteiger partial charge in [-0.25, -0.2) is 0 Å². The summed E-state index contributed by atoms with van der Waals surface area (Å²) in [5.74, 6) is -0.264. The Morgan fingerprint density at radius 3 is 2.29 bits per heavy atom. The number of benzene rings is 3. The molecule has 0 radical (unpaired) electrons. The van der Waals surface area contributed by atoms with Crippen molar-refractivity contribution in [3.63, 3.8) is 0 Å². The molecule has 0 aromatic heterocycles. The van der Waals surface area contributed by atoms with Gasteiger partial charge in [0, 0.05) is 13.0 Å². The molecule has 1 aliphatic carbocycles. The van der Waals surface area contributed by atoms with E-state index in [2.05, 4.69) is 24.3 Å². The lowest BCUT2D eigenvalue weighted by atomic mass is 9.90. The van der Waals surface area contributed by atoms with E-state index in [1.165, 1.54) is 5.39 Å². The van der Waals surface area contributed by atoms with E-state index >= 15 is 0 Å². The first kappa shape index (κ1) is 21.3. The molecular formula is C27H29NO3. The molecule has 0 saturated heterocycles. The number of carbonyl (C=O) groups excluding carboxylic acids is 2. The molecule has 4 heteroatoms. The maximum absolute atomic E-state index is 13.0. The lowest BCUT2D eigenvalue weighted by Crippen LogP contribution is -2.23. The van der Waals surface area contributed by atoms with E-state index in [0.29, 0.717) is 6.42 Å². The van der Waals surface area contributed by atoms with Crippen LogP contribution in [0.25, 0.3) is 10.8 Å². The fourth-order valence-electron chi connectivity index (χ4n) is 4.41. The van der Waals surface area contributed by atoms with Gasteiger partial charge in [-0.05, 0) is 40.3 Å². The summed E-state index contributed by atoms with van der Waals surface area (Å²) in [5.41, 5.74) is 8.79. The average Bonchev–Trinajstić information content (AvgIpc) is 3.34. The summed E-state index contributed by atoms with van der Waals surface area (Å²) < 4.78 is 5.47. The molecular weight excluding hydrogens is 386 g/mol. The van der Waals surface area contributed by atoms with Crippen LogP contribution in [0.5, 0.6) is 0 Å². The fourth-order valence-corrected chi connectivity index (χ4v) is 4.41. The van der Waals surface area contributed by atoms with E-state index in [9.17, 15) is 9.59 Å². The maximum Gasteiger partial charge on any atom is 0.309 e. The highest BCUT2D eigenvalue weighted by Crippen LogP contribution is 2.26. The van der Waals surface area contributed by atoms with Crippen LogP contribution >= 0.6 is 0 Å². The van der Waals surface area contributed by atoms with Gasteiger partial charge in [-0.2, -0.15) is 0 Å². The lowest BCUT2D eigenvalue weighted by Gasteiger charge is -2.15. The topological polar surface area (TPSA) is 69.4 Å². The molecule has 2 N–H and O–H groups in total. The second kappa shape index (κ2) is 9.88. The molecule has 1 saturated carbocycles. The molecule has 4 rings (SSSR count). The minimum Gasteiger partial charge on any atom is -0.461 e. The molecule has 1 atom stereocenters. The zero-order valence-electron chi connectivity index (χ0n) is 17.8. The number of hydrogen-bond acceptors (Lipinski definition) is 4. The van der Waals surface area contributed by atoms with Crippen molar-refractivity contribution in [3.05, 3.63) is 83.4 Å². The van der Waals surface area contributed by atoms with Gasteiger partial charge in [0.25, 0.3) is 0 Å². The van der Waals surface area contributed by atoms with Crippen LogP contribution in [0.3, 0.4) is 0 Å². The van der Waals surface area contributed by atoms with E-state index in [-0.39, 0.29) is 36.7 Å². The van der Waals surface area contributed by atoms with Crippen LogP contribution in [0.4, 0.5) is 0 Å². The normalized spacial score (nSPS) is 15.1. The highest BCUT2D eigenvalue weighted by atomic mass is 16.5. The fraction of sp³-hybridized carbons (Fsp3) is 0.333. The first-order valence-corrected chi connectivity index (χ1v) is 11.1. The summed E-state index contributed by atoms with van der Waals surface area (Å²) in [7, 11) is 0. The summed E-state index contributed by atoms with van der Waals surface area (Å²) in [6.45, 7) is 0.538. The standard InChI is InChI=1S/C27H29NO3/c28-17-25(26(29)16-20-11-12-21-5-1-4-8-24(21)15-20)22-13-9-19(10-14-22)18-31-27(30)23-6-2-3-7-23/h1,4-5,8-15,23,25H,2-3,6-7,16-18,28H2. The molecule has 3 aromatic carbocycles. The Balaban J connectivity index is 1.38. The second-order valence-corrected chi connectivity index (χ2v) is 8.44. The van der Waals surface area contributed by atoms with E-state index < -0.39 is 0 Å². The molecule has 160 valence electrons. The highest BCUT2D eigenvalue weighted by Gasteiger charge is 2.24. The number of nitrogens with two attached hydrogens (primary N) is 1. The lowest BCUT2D eigenvalue weighted by molar-refractivity contribution is -0.149. The summed E-state index contributed by atoms with van der Waals surface area (Å²) in [6, 6.07) is 22.0. The second-order valence-electron chi connectivity index (χ2n) is 8.44. The van der Waals surface area contributed by atoms with Crippen molar-refractivity contribution >= 4 is 22.5 Å². The maximum atomic E-state index is 13.0. The van der Waals surface area contributed by atoms with Gasteiger partial charge in [0.1, 0.15) is 12.4 Å². The molecule has 31 heavy (non-hydrogen) atoms. The Bertz CT molecular complexity index is 1050. The van der Waals surface area contributed by atoms with Crippen LogP contribution in [0, 0.1) is 5.92 Å². The van der Waals surface area contributed by atoms with Crippen LogP contribution in [-0.2, 0) is 27.4 Å². The van der Waals surface area contributed by atoms with Crippen molar-refractivity contribution in [2.24, 2.45) is 11.7 Å². The van der Waals surface area contributed by atoms with Crippen molar-refractivity contribution in [3.8, 4) is 0 Å². The number of esters is 1. The van der Waals surface area contributed by atoms with Crippen molar-refractivity contribution < 1.29 is 14.3 Å². The Labute approximate surface area is 183 Å². The monoisotopic (exact) mass is 415 g/mol. The van der Waals surface area contributed by atoms with Crippen molar-refractivity contribution in [2.75, 3.05) is 6.54 Å². The Hall–Kier alpha value is -2.98. The zero-order valence-corrected chi connectivity index (χ0v) is 17.8. The smallest absolute Gasteiger partial charge is 0.309 e.